The van der Waals surface area contributed by atoms with Crippen molar-refractivity contribution in [2.24, 2.45) is 0 Å². The fraction of sp³-hybridized carbons (Fsp3) is 0.524. The van der Waals surface area contributed by atoms with Crippen molar-refractivity contribution in [3.63, 3.8) is 0 Å². The van der Waals surface area contributed by atoms with Crippen LogP contribution in [0.15, 0.2) is 18.2 Å². The Morgan fingerprint density at radius 3 is 2.71 bits per heavy atom. The molecule has 4 rings (SSSR count). The van der Waals surface area contributed by atoms with Gasteiger partial charge in [0.2, 0.25) is 10.0 Å². The van der Waals surface area contributed by atoms with E-state index < -0.39 is 22.2 Å². The van der Waals surface area contributed by atoms with Crippen LogP contribution in [0.2, 0.25) is 4.34 Å². The van der Waals surface area contributed by atoms with Crippen LogP contribution in [0.3, 0.4) is 0 Å². The molecule has 0 radical (unpaired) electrons. The molecule has 2 unspecified atom stereocenters. The minimum atomic E-state index is -3.43. The highest BCUT2D eigenvalue weighted by Crippen LogP contribution is 2.30. The summed E-state index contributed by atoms with van der Waals surface area (Å²) in [6, 6.07) is 4.45. The first kappa shape index (κ1) is 25.4. The molecule has 1 fully saturated rings. The van der Waals surface area contributed by atoms with Crippen LogP contribution in [-0.4, -0.2) is 81.8 Å². The van der Waals surface area contributed by atoms with E-state index in [4.69, 9.17) is 16.3 Å². The lowest BCUT2D eigenvalue weighted by Gasteiger charge is -2.24. The SMILES string of the molecule is CN1CCc2cc(C(=O)N3CC(NC(=O)Oc4ccc(Cl)s4)CC3CNS(C)(=O)=O)sc2CC1. The molecule has 186 valence electrons. The molecule has 0 bridgehead atoms. The molecule has 2 atom stereocenters. The van der Waals surface area contributed by atoms with Gasteiger partial charge >= 0.3 is 6.09 Å². The van der Waals surface area contributed by atoms with Crippen molar-refractivity contribution < 1.29 is 22.7 Å². The van der Waals surface area contributed by atoms with Gasteiger partial charge in [0.25, 0.3) is 5.91 Å². The third kappa shape index (κ3) is 6.49. The van der Waals surface area contributed by atoms with Gasteiger partial charge in [0.1, 0.15) is 0 Å². The van der Waals surface area contributed by atoms with Gasteiger partial charge in [-0.3, -0.25) is 4.79 Å². The van der Waals surface area contributed by atoms with Crippen LogP contribution in [0.4, 0.5) is 4.79 Å². The molecule has 0 spiro atoms. The smallest absolute Gasteiger partial charge is 0.399 e. The number of halogens is 1. The van der Waals surface area contributed by atoms with E-state index >= 15 is 0 Å². The lowest BCUT2D eigenvalue weighted by Crippen LogP contribution is -2.43. The van der Waals surface area contributed by atoms with Crippen molar-refractivity contribution in [3.8, 4) is 5.06 Å². The van der Waals surface area contributed by atoms with Crippen LogP contribution < -0.4 is 14.8 Å². The Bertz CT molecular complexity index is 1140. The van der Waals surface area contributed by atoms with Crippen LogP contribution in [-0.2, 0) is 22.9 Å². The summed E-state index contributed by atoms with van der Waals surface area (Å²) in [4.78, 5) is 31.6. The van der Waals surface area contributed by atoms with Gasteiger partial charge in [0.15, 0.2) is 5.06 Å². The fourth-order valence-electron chi connectivity index (χ4n) is 4.20. The first-order valence-electron chi connectivity index (χ1n) is 10.9. The summed E-state index contributed by atoms with van der Waals surface area (Å²) in [5.41, 5.74) is 1.20. The highest BCUT2D eigenvalue weighted by molar-refractivity contribution is 7.88. The van der Waals surface area contributed by atoms with Gasteiger partial charge in [-0.1, -0.05) is 22.9 Å². The predicted octanol–water partition coefficient (Wildman–Crippen LogP) is 2.41. The number of ether oxygens (including phenoxy) is 1. The summed E-state index contributed by atoms with van der Waals surface area (Å²) in [6.45, 7) is 2.25. The van der Waals surface area contributed by atoms with E-state index in [-0.39, 0.29) is 25.0 Å². The lowest BCUT2D eigenvalue weighted by atomic mass is 10.1. The predicted molar refractivity (Wildman–Crippen MR) is 134 cm³/mol. The van der Waals surface area contributed by atoms with E-state index in [1.54, 1.807) is 17.0 Å². The largest absolute Gasteiger partial charge is 0.413 e. The topological polar surface area (TPSA) is 108 Å². The first-order chi connectivity index (χ1) is 16.1. The van der Waals surface area contributed by atoms with E-state index in [1.165, 1.54) is 21.8 Å². The number of nitrogens with zero attached hydrogens (tertiary/aromatic N) is 2. The van der Waals surface area contributed by atoms with Gasteiger partial charge < -0.3 is 19.9 Å². The Morgan fingerprint density at radius 1 is 1.24 bits per heavy atom. The fourth-order valence-corrected chi connectivity index (χ4v) is 6.73. The first-order valence-corrected chi connectivity index (χ1v) is 14.8. The quantitative estimate of drug-likeness (QED) is 0.576. The molecule has 2 aromatic heterocycles. The maximum Gasteiger partial charge on any atom is 0.413 e. The lowest BCUT2D eigenvalue weighted by molar-refractivity contribution is 0.0740. The van der Waals surface area contributed by atoms with Gasteiger partial charge in [-0.05, 0) is 50.1 Å². The number of carbonyl (C=O) groups excluding carboxylic acids is 2. The third-order valence-electron chi connectivity index (χ3n) is 5.91. The molecule has 9 nitrogen and oxygen atoms in total. The number of likely N-dealkylation sites (N-methyl/N-ethyl adjacent to an activating group) is 1. The number of hydrogen-bond donors (Lipinski definition) is 2. The van der Waals surface area contributed by atoms with E-state index in [0.717, 1.165) is 43.5 Å². The average Bonchev–Trinajstić information content (AvgIpc) is 3.44. The Kier molecular flexibility index (Phi) is 7.85. The summed E-state index contributed by atoms with van der Waals surface area (Å²) in [7, 11) is -1.33. The van der Waals surface area contributed by atoms with E-state index in [1.807, 2.05) is 6.07 Å². The molecular weight excluding hydrogens is 520 g/mol. The molecule has 34 heavy (non-hydrogen) atoms. The second-order valence-electron chi connectivity index (χ2n) is 8.62. The minimum Gasteiger partial charge on any atom is -0.399 e. The van der Waals surface area contributed by atoms with Crippen LogP contribution in [0.25, 0.3) is 0 Å². The molecule has 2 N–H and O–H groups in total. The molecular formula is C21H27ClN4O5S3. The number of amides is 2. The second-order valence-corrected chi connectivity index (χ2v) is 13.3. The molecule has 2 aromatic rings. The average molecular weight is 547 g/mol. The summed E-state index contributed by atoms with van der Waals surface area (Å²) in [6.07, 6.45) is 2.66. The number of hydrogen-bond acceptors (Lipinski definition) is 8. The van der Waals surface area contributed by atoms with E-state index in [0.29, 0.717) is 20.7 Å². The molecule has 2 aliphatic heterocycles. The number of carbonyl (C=O) groups is 2. The Hall–Kier alpha value is -1.70. The molecule has 13 heteroatoms. The van der Waals surface area contributed by atoms with E-state index in [9.17, 15) is 18.0 Å². The van der Waals surface area contributed by atoms with Crippen LogP contribution in [0.5, 0.6) is 5.06 Å². The minimum absolute atomic E-state index is 0.0776. The summed E-state index contributed by atoms with van der Waals surface area (Å²) in [5, 5.41) is 3.16. The zero-order valence-electron chi connectivity index (χ0n) is 18.9. The number of likely N-dealkylation sites (tertiary alicyclic amines) is 1. The molecule has 2 aliphatic rings. The third-order valence-corrected chi connectivity index (χ3v) is 8.94. The number of rotatable bonds is 6. The number of sulfonamides is 1. The summed E-state index contributed by atoms with van der Waals surface area (Å²) < 4.78 is 31.6. The monoisotopic (exact) mass is 546 g/mol. The van der Waals surface area contributed by atoms with Gasteiger partial charge in [0.05, 0.1) is 21.5 Å². The van der Waals surface area contributed by atoms with Gasteiger partial charge in [0, 0.05) is 37.1 Å². The van der Waals surface area contributed by atoms with Crippen LogP contribution >= 0.6 is 34.3 Å². The highest BCUT2D eigenvalue weighted by atomic mass is 35.5. The van der Waals surface area contributed by atoms with Crippen molar-refractivity contribution in [1.29, 1.82) is 0 Å². The van der Waals surface area contributed by atoms with E-state index in [2.05, 4.69) is 22.0 Å². The Labute approximate surface area is 212 Å². The Balaban J connectivity index is 1.46. The molecule has 2 amide bonds. The van der Waals surface area contributed by atoms with Gasteiger partial charge in [-0.2, -0.15) is 0 Å². The molecule has 0 saturated carbocycles. The number of thiophene rings is 2. The summed E-state index contributed by atoms with van der Waals surface area (Å²) >= 11 is 8.53. The van der Waals surface area contributed by atoms with Crippen molar-refractivity contribution in [2.45, 2.75) is 31.3 Å². The summed E-state index contributed by atoms with van der Waals surface area (Å²) in [5.74, 6) is -0.144. The number of fused-ring (bicyclic) bond motifs is 1. The maximum atomic E-state index is 13.5. The van der Waals surface area contributed by atoms with Crippen molar-refractivity contribution in [2.75, 3.05) is 39.5 Å². The van der Waals surface area contributed by atoms with Crippen LogP contribution in [0.1, 0.15) is 26.5 Å². The zero-order valence-corrected chi connectivity index (χ0v) is 22.1. The van der Waals surface area contributed by atoms with Crippen molar-refractivity contribution >= 4 is 56.3 Å². The Morgan fingerprint density at radius 2 is 2.00 bits per heavy atom. The molecule has 0 aromatic carbocycles. The van der Waals surface area contributed by atoms with Crippen LogP contribution in [0, 0.1) is 0 Å². The highest BCUT2D eigenvalue weighted by Gasteiger charge is 2.38. The molecule has 1 saturated heterocycles. The van der Waals surface area contributed by atoms with Crippen molar-refractivity contribution in [3.05, 3.63) is 37.9 Å². The second kappa shape index (κ2) is 10.5. The number of nitrogens with one attached hydrogen (secondary N) is 2. The molecule has 4 heterocycles. The zero-order chi connectivity index (χ0) is 24.5. The maximum absolute atomic E-state index is 13.5. The standard InChI is InChI=1S/C21H27ClN4O5S3/c1-25-7-5-13-9-17(32-16(13)6-8-25)20(27)26-12-14(10-15(26)11-23-34(2,29)30)24-21(28)31-19-4-3-18(22)33-19/h3-4,9,14-15,23H,5-8,10-12H2,1-2H3,(H,24,28). The molecule has 0 aliphatic carbocycles. The van der Waals surface area contributed by atoms with Gasteiger partial charge in [-0.25, -0.2) is 17.9 Å². The van der Waals surface area contributed by atoms with Gasteiger partial charge in [-0.15, -0.1) is 11.3 Å². The van der Waals surface area contributed by atoms with Crippen molar-refractivity contribution in [1.82, 2.24) is 19.8 Å². The normalized spacial score (nSPS) is 21.2.